The molecule has 0 bridgehead atoms. The number of nitrogens with zero attached hydrogens (tertiary/aromatic N) is 8. The number of aliphatic hydroxyl groups is 1. The maximum atomic E-state index is 13.2. The Hall–Kier alpha value is -13.7. The van der Waals surface area contributed by atoms with Gasteiger partial charge in [-0.2, -0.15) is 14.7 Å². The number of ether oxygens (including phenoxy) is 14. The zero-order valence-electron chi connectivity index (χ0n) is 81.7. The standard InChI is InChI=1S/2C25H33N3O6.C14H23NO6.C11H10N2.C10H18O5.C9H17NO5/c2*1-24(2,3)33-22(30)28(23(31)34-25(4,5)6)19(21(29)32-7)17-27(18-13-9-8-10-14-18)20-15-11-12-16-26-20;1-9(10(16)19-8)15(11(17)20-13(2,3)4)12(18)21-14(5,6)7;1-2-6-10(7-3-1)13-11-8-4-5-9-12-11;1-9(2,3)14-7(11)13-8(12)15-10(4,5)6;1-9(2,3)15-8(13)10-6(5-11)7(12)14-4/h2*8-16,19H,17H2,1-7H3;1H2,2-8H3;1-9H,(H,12,13);1-6H3;6,11H,5H2,1-4H3,(H,10,13)/t19-;;;;;/m0...../s1. The summed E-state index contributed by atoms with van der Waals surface area (Å²) in [6, 6.07) is 40.9. The summed E-state index contributed by atoms with van der Waals surface area (Å²) >= 11 is 0. The molecule has 38 nitrogen and oxygen atoms in total. The molecule has 0 saturated carbocycles. The lowest BCUT2D eigenvalue weighted by Crippen LogP contribution is -2.55. The lowest BCUT2D eigenvalue weighted by Gasteiger charge is -2.35. The number of nitrogens with one attached hydrogen (secondary N) is 2. The number of methoxy groups -OCH3 is 4. The number of benzene rings is 3. The molecule has 3 aromatic carbocycles. The first kappa shape index (κ1) is 116. The molecule has 2 unspecified atom stereocenters. The number of hydrogen-bond acceptors (Lipinski definition) is 34. The van der Waals surface area contributed by atoms with Crippen molar-refractivity contribution in [2.45, 2.75) is 255 Å². The van der Waals surface area contributed by atoms with Gasteiger partial charge >= 0.3 is 78.8 Å². The molecule has 6 aromatic rings. The highest BCUT2D eigenvalue weighted by molar-refractivity contribution is 6.01. The molecule has 0 radical (unpaired) electrons. The van der Waals surface area contributed by atoms with Gasteiger partial charge in [-0.15, -0.1) is 0 Å². The van der Waals surface area contributed by atoms with E-state index in [-0.39, 0.29) is 13.1 Å². The highest BCUT2D eigenvalue weighted by Gasteiger charge is 2.45. The number of imide groups is 3. The second-order valence-electron chi connectivity index (χ2n) is 36.9. The van der Waals surface area contributed by atoms with E-state index in [4.69, 9.17) is 57.2 Å². The predicted molar refractivity (Wildman–Crippen MR) is 491 cm³/mol. The normalized spacial score (nSPS) is 11.9. The van der Waals surface area contributed by atoms with Crippen LogP contribution in [0.5, 0.6) is 0 Å². The molecule has 3 aromatic heterocycles. The maximum Gasteiger partial charge on any atom is 0.519 e. The maximum absolute atomic E-state index is 13.2. The summed E-state index contributed by atoms with van der Waals surface area (Å²) < 4.78 is 69.4. The Bertz CT molecular complexity index is 4260. The zero-order valence-corrected chi connectivity index (χ0v) is 81.7. The minimum atomic E-state index is -1.39. The number of carbonyl (C=O) groups is 13. The van der Waals surface area contributed by atoms with E-state index in [1.54, 1.807) is 252 Å². The number of hydrogen-bond donors (Lipinski definition) is 3. The Kier molecular flexibility index (Phi) is 46.6. The molecule has 3 N–H and O–H groups in total. The van der Waals surface area contributed by atoms with E-state index < -0.39 is 160 Å². The van der Waals surface area contributed by atoms with Gasteiger partial charge in [0, 0.05) is 35.7 Å². The molecule has 0 aliphatic carbocycles. The van der Waals surface area contributed by atoms with Crippen LogP contribution in [-0.2, 0) is 85.5 Å². The fraction of sp³-hybridized carbons (Fsp3) is 0.489. The first-order valence-corrected chi connectivity index (χ1v) is 41.4. The first-order chi connectivity index (χ1) is 60.7. The van der Waals surface area contributed by atoms with E-state index in [1.807, 2.05) is 109 Å². The van der Waals surface area contributed by atoms with E-state index in [9.17, 15) is 62.3 Å². The molecule has 7 amide bonds. The van der Waals surface area contributed by atoms with E-state index in [0.717, 1.165) is 18.6 Å². The summed E-state index contributed by atoms with van der Waals surface area (Å²) in [7, 11) is 4.65. The van der Waals surface area contributed by atoms with Crippen LogP contribution < -0.4 is 20.4 Å². The predicted octanol–water partition coefficient (Wildman–Crippen LogP) is 18.5. The number of carbonyl (C=O) groups excluding carboxylic acids is 13. The topological polar surface area (TPSA) is 450 Å². The molecule has 728 valence electrons. The molecule has 3 heterocycles. The Morgan fingerprint density at radius 1 is 0.348 bits per heavy atom. The van der Waals surface area contributed by atoms with Crippen molar-refractivity contribution in [3.63, 3.8) is 0 Å². The van der Waals surface area contributed by atoms with Crippen molar-refractivity contribution >= 4 is 113 Å². The van der Waals surface area contributed by atoms with Gasteiger partial charge < -0.3 is 91.9 Å². The van der Waals surface area contributed by atoms with E-state index in [2.05, 4.69) is 46.4 Å². The summed E-state index contributed by atoms with van der Waals surface area (Å²) in [4.78, 5) is 177. The monoisotopic (exact) mass is 1850 g/mol. The molecule has 0 aliphatic heterocycles. The number of pyridine rings is 3. The van der Waals surface area contributed by atoms with Gasteiger partial charge in [0.05, 0.1) is 48.1 Å². The molecule has 3 atom stereocenters. The van der Waals surface area contributed by atoms with E-state index in [0.29, 0.717) is 37.7 Å². The summed E-state index contributed by atoms with van der Waals surface area (Å²) in [5.41, 5.74) is -5.46. The highest BCUT2D eigenvalue weighted by atomic mass is 16.8. The average Bonchev–Trinajstić information content (AvgIpc) is 0.777. The van der Waals surface area contributed by atoms with Gasteiger partial charge in [-0.25, -0.2) is 77.3 Å². The number of anilines is 6. The third-order valence-electron chi connectivity index (χ3n) is 14.5. The third-order valence-corrected chi connectivity index (χ3v) is 14.5. The van der Waals surface area contributed by atoms with Crippen LogP contribution in [-0.4, -0.2) is 230 Å². The van der Waals surface area contributed by atoms with Crippen LogP contribution in [0.2, 0.25) is 0 Å². The number of aromatic nitrogens is 3. The van der Waals surface area contributed by atoms with E-state index in [1.165, 1.54) is 21.3 Å². The van der Waals surface area contributed by atoms with Gasteiger partial charge in [0.1, 0.15) is 73.6 Å². The summed E-state index contributed by atoms with van der Waals surface area (Å²) in [5, 5.41) is 14.2. The van der Waals surface area contributed by atoms with Crippen molar-refractivity contribution in [1.82, 2.24) is 35.0 Å². The van der Waals surface area contributed by atoms with Crippen LogP contribution in [0.15, 0.2) is 176 Å². The molecule has 0 aliphatic rings. The third kappa shape index (κ3) is 49.2. The van der Waals surface area contributed by atoms with Crippen molar-refractivity contribution in [3.8, 4) is 0 Å². The van der Waals surface area contributed by atoms with Gasteiger partial charge in [0.25, 0.3) is 0 Å². The zero-order chi connectivity index (χ0) is 101. The van der Waals surface area contributed by atoms with Crippen LogP contribution in [0.3, 0.4) is 0 Å². The van der Waals surface area contributed by atoms with Gasteiger partial charge in [0.15, 0.2) is 18.1 Å². The van der Waals surface area contributed by atoms with Crippen LogP contribution in [0.25, 0.3) is 0 Å². The molecular weight excluding hydrogens is 1720 g/mol. The van der Waals surface area contributed by atoms with Gasteiger partial charge in [-0.05, 0) is 260 Å². The Morgan fingerprint density at radius 2 is 0.636 bits per heavy atom. The van der Waals surface area contributed by atoms with Crippen molar-refractivity contribution in [2.75, 3.05) is 63.3 Å². The molecule has 0 fully saturated rings. The van der Waals surface area contributed by atoms with Crippen LogP contribution in [0, 0.1) is 0 Å². The number of amides is 7. The lowest BCUT2D eigenvalue weighted by atomic mass is 10.2. The Labute approximate surface area is 773 Å². The largest absolute Gasteiger partial charge is 0.519 e. The molecule has 0 spiro atoms. The lowest BCUT2D eigenvalue weighted by molar-refractivity contribution is -0.146. The van der Waals surface area contributed by atoms with Crippen molar-refractivity contribution in [2.24, 2.45) is 0 Å². The van der Waals surface area contributed by atoms with Gasteiger partial charge in [-0.3, -0.25) is 0 Å². The smallest absolute Gasteiger partial charge is 0.467 e. The fourth-order valence-electron chi connectivity index (χ4n) is 9.55. The quantitative estimate of drug-likeness (QED) is 0.0293. The summed E-state index contributed by atoms with van der Waals surface area (Å²) in [6.07, 6.45) is -4.12. The molecule has 38 heteroatoms. The second kappa shape index (κ2) is 52.8. The van der Waals surface area contributed by atoms with Gasteiger partial charge in [-0.1, -0.05) is 79.4 Å². The minimum Gasteiger partial charge on any atom is -0.467 e. The van der Waals surface area contributed by atoms with Crippen molar-refractivity contribution in [1.29, 1.82) is 0 Å². The van der Waals surface area contributed by atoms with Crippen molar-refractivity contribution in [3.05, 3.63) is 176 Å². The van der Waals surface area contributed by atoms with E-state index >= 15 is 0 Å². The minimum absolute atomic E-state index is 0.147. The molecule has 0 saturated heterocycles. The SMILES string of the molecule is C=C(C(=O)OC)N(C(=O)OC(C)(C)C)C(=O)OC(C)(C)C.CC(C)(C)OC(=O)OC(=O)OC(C)(C)C.COC(=O)C(CN(c1ccccc1)c1ccccn1)N(C(=O)OC(C)(C)C)C(=O)OC(C)(C)C.COC(=O)C(CO)NC(=O)OC(C)(C)C.COC(=O)[C@H](CN(c1ccccc1)c1ccccn1)N(C(=O)OC(C)(C)C)C(=O)OC(C)(C)C.c1ccc(Nc2ccccn2)cc1. The highest BCUT2D eigenvalue weighted by Crippen LogP contribution is 2.30. The average molecular weight is 1850 g/mol. The fourth-order valence-corrected chi connectivity index (χ4v) is 9.55. The van der Waals surface area contributed by atoms with Crippen LogP contribution in [0.4, 0.5) is 77.7 Å². The number of alkyl carbamates (subject to hydrolysis) is 1. The molecule has 132 heavy (non-hydrogen) atoms. The number of rotatable bonds is 19. The summed E-state index contributed by atoms with van der Waals surface area (Å²) in [6.45, 7) is 47.3. The van der Waals surface area contributed by atoms with Crippen LogP contribution >= 0.6 is 0 Å². The Morgan fingerprint density at radius 3 is 0.902 bits per heavy atom. The summed E-state index contributed by atoms with van der Waals surface area (Å²) in [5.74, 6) is -1.39. The molecule has 6 rings (SSSR count). The van der Waals surface area contributed by atoms with Crippen molar-refractivity contribution < 1.29 is 134 Å². The number of aliphatic hydroxyl groups excluding tert-OH is 1. The van der Waals surface area contributed by atoms with Crippen LogP contribution in [0.1, 0.15) is 187 Å². The Balaban J connectivity index is 0.000000826. The molecular formula is C94H134N10O28. The number of esters is 4. The number of para-hydroxylation sites is 3. The first-order valence-electron chi connectivity index (χ1n) is 41.4. The second-order valence-corrected chi connectivity index (χ2v) is 36.9. The van der Waals surface area contributed by atoms with Gasteiger partial charge in [0.2, 0.25) is 0 Å².